The third kappa shape index (κ3) is 9.99. The maximum absolute atomic E-state index is 13.7. The van der Waals surface area contributed by atoms with Crippen molar-refractivity contribution in [3.8, 4) is 0 Å². The Morgan fingerprint density at radius 3 is 1.88 bits per heavy atom. The van der Waals surface area contributed by atoms with Crippen LogP contribution in [0.25, 0.3) is 0 Å². The molecule has 8 rings (SSSR count). The third-order valence-corrected chi connectivity index (χ3v) is 11.3. The van der Waals surface area contributed by atoms with Gasteiger partial charge in [0, 0.05) is 17.8 Å². The summed E-state index contributed by atoms with van der Waals surface area (Å²) in [6, 6.07) is 27.7. The summed E-state index contributed by atoms with van der Waals surface area (Å²) in [5, 5.41) is 22.6. The van der Waals surface area contributed by atoms with Gasteiger partial charge in [0.25, 0.3) is 0 Å². The molecule has 0 radical (unpaired) electrons. The van der Waals surface area contributed by atoms with Gasteiger partial charge < -0.3 is 29.7 Å². The van der Waals surface area contributed by atoms with Crippen LogP contribution in [0, 0.1) is 23.5 Å². The van der Waals surface area contributed by atoms with Crippen LogP contribution in [0.15, 0.2) is 97.1 Å². The lowest BCUT2D eigenvalue weighted by Crippen LogP contribution is -2.57. The number of hydrogen-bond acceptors (Lipinski definition) is 5. The molecule has 4 aliphatic heterocycles. The number of aliphatic hydroxyl groups excluding tert-OH is 1. The first-order chi connectivity index (χ1) is 26.7. The minimum absolute atomic E-state index is 0.0383. The first-order valence-electron chi connectivity index (χ1n) is 18.8. The van der Waals surface area contributed by atoms with E-state index < -0.39 is 18.2 Å². The van der Waals surface area contributed by atoms with Crippen LogP contribution in [0.5, 0.6) is 0 Å². The van der Waals surface area contributed by atoms with E-state index in [9.17, 15) is 36.6 Å². The normalized spacial score (nSPS) is 22.1. The van der Waals surface area contributed by atoms with Crippen molar-refractivity contribution in [2.75, 3.05) is 24.5 Å². The van der Waals surface area contributed by atoms with Crippen LogP contribution in [0.1, 0.15) is 72.1 Å². The molecule has 0 aliphatic carbocycles. The molecule has 2 amide bonds. The van der Waals surface area contributed by atoms with Crippen molar-refractivity contribution in [1.29, 1.82) is 0 Å². The Morgan fingerprint density at radius 1 is 0.804 bits per heavy atom. The van der Waals surface area contributed by atoms with Crippen molar-refractivity contribution in [2.45, 2.75) is 69.9 Å². The minimum atomic E-state index is -5.19. The van der Waals surface area contributed by atoms with Gasteiger partial charge in [-0.2, -0.15) is 13.2 Å². The lowest BCUT2D eigenvalue weighted by atomic mass is 9.78. The summed E-state index contributed by atoms with van der Waals surface area (Å²) in [5.74, 6) is -3.32. The monoisotopic (exact) mass is 777 g/mol. The molecule has 4 saturated heterocycles. The molecule has 3 unspecified atom stereocenters. The molecule has 13 heteroatoms. The predicted molar refractivity (Wildman–Crippen MR) is 196 cm³/mol. The number of carbonyl (C=O) groups excluding carboxylic acids is 3. The number of nitrogens with zero attached hydrogens (tertiary/aromatic N) is 2. The highest BCUT2D eigenvalue weighted by molar-refractivity contribution is 6.03. The summed E-state index contributed by atoms with van der Waals surface area (Å²) >= 11 is 0. The third-order valence-electron chi connectivity index (χ3n) is 11.3. The molecule has 0 aromatic heterocycles. The number of benzene rings is 4. The number of rotatable bonds is 12. The van der Waals surface area contributed by atoms with E-state index >= 15 is 0 Å². The summed E-state index contributed by atoms with van der Waals surface area (Å²) in [6.07, 6.45) is -0.845. The van der Waals surface area contributed by atoms with Gasteiger partial charge in [0.2, 0.25) is 11.8 Å². The zero-order valence-electron chi connectivity index (χ0n) is 30.7. The van der Waals surface area contributed by atoms with Gasteiger partial charge in [-0.05, 0) is 96.7 Å². The summed E-state index contributed by atoms with van der Waals surface area (Å²) < 4.78 is 59.8. The number of β-lactam (4-membered cyclic amide) rings is 1. The van der Waals surface area contributed by atoms with Gasteiger partial charge in [0.1, 0.15) is 24.1 Å². The zero-order chi connectivity index (χ0) is 40.0. The Labute approximate surface area is 322 Å². The molecular formula is C43H44F5N3O5. The molecule has 4 aromatic carbocycles. The fourth-order valence-electron chi connectivity index (χ4n) is 8.10. The topological polar surface area (TPSA) is 110 Å². The Morgan fingerprint density at radius 2 is 1.32 bits per heavy atom. The fraction of sp³-hybridized carbons (Fsp3) is 0.372. The van der Waals surface area contributed by atoms with E-state index in [4.69, 9.17) is 9.90 Å². The van der Waals surface area contributed by atoms with Gasteiger partial charge >= 0.3 is 6.18 Å². The molecule has 0 saturated carbocycles. The molecule has 4 fully saturated rings. The van der Waals surface area contributed by atoms with Gasteiger partial charge in [0.05, 0.1) is 44.1 Å². The Kier molecular flexibility index (Phi) is 12.5. The van der Waals surface area contributed by atoms with E-state index in [2.05, 4.69) is 29.6 Å². The van der Waals surface area contributed by atoms with Crippen LogP contribution in [0.4, 0.5) is 27.6 Å². The smallest absolute Gasteiger partial charge is 0.430 e. The highest BCUT2D eigenvalue weighted by Gasteiger charge is 2.48. The van der Waals surface area contributed by atoms with Gasteiger partial charge in [-0.1, -0.05) is 60.7 Å². The molecule has 4 heterocycles. The lowest BCUT2D eigenvalue weighted by Gasteiger charge is -2.49. The zero-order valence-corrected chi connectivity index (χ0v) is 30.7. The SMILES string of the molecule is O=C(Cc1ccc(C[N+]23CCC(CC2)CC3)cc1)NCc1ccc(C2C(CCC(O)c3ccc(F)cc3)C(=O)N2c2ccc(F)cc2)cc1.O=C([O-])C(F)(F)F. The van der Waals surface area contributed by atoms with Gasteiger partial charge in [-0.15, -0.1) is 0 Å². The van der Waals surface area contributed by atoms with Crippen molar-refractivity contribution >= 4 is 23.5 Å². The molecule has 2 bridgehead atoms. The van der Waals surface area contributed by atoms with Crippen LogP contribution in [-0.4, -0.2) is 53.2 Å². The second-order valence-corrected chi connectivity index (χ2v) is 15.1. The number of aliphatic hydroxyl groups is 1. The fourth-order valence-corrected chi connectivity index (χ4v) is 8.10. The van der Waals surface area contributed by atoms with E-state index in [0.717, 1.165) is 29.2 Å². The molecule has 3 atom stereocenters. The molecule has 2 N–H and O–H groups in total. The van der Waals surface area contributed by atoms with Crippen molar-refractivity contribution in [3.63, 3.8) is 0 Å². The molecule has 56 heavy (non-hydrogen) atoms. The molecule has 4 aliphatic rings. The minimum Gasteiger partial charge on any atom is -0.542 e. The number of amides is 2. The quantitative estimate of drug-likeness (QED) is 0.0975. The second kappa shape index (κ2) is 17.3. The molecular weight excluding hydrogens is 733 g/mol. The highest BCUT2D eigenvalue weighted by atomic mass is 19.4. The van der Waals surface area contributed by atoms with Crippen LogP contribution >= 0.6 is 0 Å². The highest BCUT2D eigenvalue weighted by Crippen LogP contribution is 2.46. The number of nitrogens with one attached hydrogen (secondary N) is 1. The van der Waals surface area contributed by atoms with Gasteiger partial charge in [0.15, 0.2) is 0 Å². The molecule has 4 aromatic rings. The molecule has 0 spiro atoms. The maximum atomic E-state index is 13.7. The van der Waals surface area contributed by atoms with E-state index in [1.54, 1.807) is 29.2 Å². The van der Waals surface area contributed by atoms with E-state index in [-0.39, 0.29) is 35.4 Å². The van der Waals surface area contributed by atoms with E-state index in [1.165, 1.54) is 73.2 Å². The summed E-state index contributed by atoms with van der Waals surface area (Å²) in [7, 11) is 0. The van der Waals surface area contributed by atoms with Crippen LogP contribution < -0.4 is 15.3 Å². The number of piperidine rings is 3. The number of hydrogen-bond donors (Lipinski definition) is 2. The number of fused-ring (bicyclic) bond motifs is 3. The van der Waals surface area contributed by atoms with Gasteiger partial charge in [-0.3, -0.25) is 9.59 Å². The number of halogens is 5. The second-order valence-electron chi connectivity index (χ2n) is 15.1. The Bertz CT molecular complexity index is 1950. The number of alkyl halides is 3. The van der Waals surface area contributed by atoms with Crippen LogP contribution in [-0.2, 0) is 33.9 Å². The number of carboxylic acid groups (broad SMARTS) is 1. The number of carbonyl (C=O) groups is 3. The first-order valence-corrected chi connectivity index (χ1v) is 18.8. The summed E-state index contributed by atoms with van der Waals surface area (Å²) in [6.45, 7) is 5.36. The van der Waals surface area contributed by atoms with Gasteiger partial charge in [-0.25, -0.2) is 8.78 Å². The van der Waals surface area contributed by atoms with Crippen LogP contribution in [0.3, 0.4) is 0 Å². The van der Waals surface area contributed by atoms with Crippen molar-refractivity contribution in [1.82, 2.24) is 5.32 Å². The summed E-state index contributed by atoms with van der Waals surface area (Å²) in [5.41, 5.74) is 5.41. The summed E-state index contributed by atoms with van der Waals surface area (Å²) in [4.78, 5) is 36.7. The van der Waals surface area contributed by atoms with E-state index in [1.807, 2.05) is 24.3 Å². The Balaban J connectivity index is 0.000000695. The molecule has 296 valence electrons. The molecule has 8 nitrogen and oxygen atoms in total. The van der Waals surface area contributed by atoms with Crippen molar-refractivity contribution < 1.29 is 51.0 Å². The largest absolute Gasteiger partial charge is 0.542 e. The number of quaternary nitrogens is 1. The van der Waals surface area contributed by atoms with Crippen LogP contribution in [0.2, 0.25) is 0 Å². The first kappa shape index (κ1) is 40.5. The Hall–Kier alpha value is -5.14. The lowest BCUT2D eigenvalue weighted by molar-refractivity contribution is -0.955. The number of anilines is 1. The number of carboxylic acids is 1. The average Bonchev–Trinajstić information content (AvgIpc) is 3.18. The predicted octanol–water partition coefficient (Wildman–Crippen LogP) is 6.47. The average molecular weight is 778 g/mol. The standard InChI is InChI=1S/C41H43F2N3O3.C2HF3O2/c42-34-11-9-32(10-12-34)38(47)18-17-37-40(45(41(37)49)36-15-13-35(43)14-16-36)33-7-5-30(6-8-33)26-44-39(48)25-29-1-3-31(4-2-29)27-46-22-19-28(20-23-46)21-24-46;3-2(4,5)1(6)7/h1-16,28,37-38,40,47H,17-27H2;(H,6,7). The van der Waals surface area contributed by atoms with Crippen molar-refractivity contribution in [2.24, 2.45) is 11.8 Å². The maximum Gasteiger partial charge on any atom is 0.430 e. The van der Waals surface area contributed by atoms with Crippen molar-refractivity contribution in [3.05, 3.63) is 137 Å². The number of aliphatic carboxylic acids is 1. The van der Waals surface area contributed by atoms with E-state index in [0.29, 0.717) is 37.1 Å².